The zero-order valence-corrected chi connectivity index (χ0v) is 11.6. The molecule has 1 amide bonds. The lowest BCUT2D eigenvalue weighted by Gasteiger charge is -2.20. The van der Waals surface area contributed by atoms with Crippen LogP contribution in [0.25, 0.3) is 0 Å². The van der Waals surface area contributed by atoms with Gasteiger partial charge in [-0.3, -0.25) is 10.1 Å². The summed E-state index contributed by atoms with van der Waals surface area (Å²) in [6.07, 6.45) is 0.942. The van der Waals surface area contributed by atoms with Gasteiger partial charge < -0.3 is 5.32 Å². The van der Waals surface area contributed by atoms with Crippen LogP contribution < -0.4 is 10.6 Å². The Kier molecular flexibility index (Phi) is 3.52. The van der Waals surface area contributed by atoms with E-state index in [0.717, 1.165) is 5.56 Å². The van der Waals surface area contributed by atoms with Crippen molar-refractivity contribution in [1.82, 2.24) is 10.6 Å². The summed E-state index contributed by atoms with van der Waals surface area (Å²) < 4.78 is 0. The van der Waals surface area contributed by atoms with Gasteiger partial charge in [-0.2, -0.15) is 5.10 Å². The van der Waals surface area contributed by atoms with Crippen LogP contribution in [0.4, 0.5) is 0 Å². The highest BCUT2D eigenvalue weighted by Gasteiger charge is 2.28. The lowest BCUT2D eigenvalue weighted by molar-refractivity contribution is -0.115. The molecule has 1 aromatic carbocycles. The first-order chi connectivity index (χ1) is 9.63. The van der Waals surface area contributed by atoms with Gasteiger partial charge in [0.15, 0.2) is 12.0 Å². The first-order valence-corrected chi connectivity index (χ1v) is 6.56. The lowest BCUT2D eigenvalue weighted by Crippen LogP contribution is -2.52. The molecule has 3 rings (SSSR count). The van der Waals surface area contributed by atoms with Crippen LogP contribution in [0.5, 0.6) is 0 Å². The third-order valence-corrected chi connectivity index (χ3v) is 3.55. The summed E-state index contributed by atoms with van der Waals surface area (Å²) >= 11 is 11.8. The van der Waals surface area contributed by atoms with Crippen molar-refractivity contribution in [3.05, 3.63) is 33.8 Å². The summed E-state index contributed by atoms with van der Waals surface area (Å²) in [7, 11) is 0. The van der Waals surface area contributed by atoms with E-state index in [4.69, 9.17) is 23.2 Å². The van der Waals surface area contributed by atoms with Crippen molar-refractivity contribution in [2.75, 3.05) is 0 Å². The number of halogens is 2. The summed E-state index contributed by atoms with van der Waals surface area (Å²) in [6, 6.07) is 5.34. The van der Waals surface area contributed by atoms with E-state index in [1.807, 2.05) is 6.07 Å². The number of nitrogens with one attached hydrogen (secondary N) is 2. The van der Waals surface area contributed by atoms with Crippen LogP contribution in [0, 0.1) is 0 Å². The number of amides is 1. The maximum absolute atomic E-state index is 11.7. The molecule has 102 valence electrons. The zero-order valence-electron chi connectivity index (χ0n) is 10.1. The van der Waals surface area contributed by atoms with Gasteiger partial charge in [0.25, 0.3) is 5.91 Å². The largest absolute Gasteiger partial charge is 0.316 e. The number of hydrogen-bond donors (Lipinski definition) is 2. The second kappa shape index (κ2) is 5.32. The SMILES string of the molecule is O=C1NC(NCc2ccc(Cl)c(Cl)c2)N=C2C=NN=C12. The molecule has 1 atom stereocenters. The minimum absolute atomic E-state index is 0.248. The lowest BCUT2D eigenvalue weighted by atomic mass is 10.2. The number of carbonyl (C=O) groups excluding carboxylic acids is 1. The number of carbonyl (C=O) groups is 1. The third kappa shape index (κ3) is 2.58. The number of fused-ring (bicyclic) bond motifs is 1. The van der Waals surface area contributed by atoms with Crippen molar-refractivity contribution in [2.45, 2.75) is 12.8 Å². The average molecular weight is 310 g/mol. The minimum Gasteiger partial charge on any atom is -0.316 e. The summed E-state index contributed by atoms with van der Waals surface area (Å²) in [6.45, 7) is 0.488. The predicted octanol–water partition coefficient (Wildman–Crippen LogP) is 1.38. The van der Waals surface area contributed by atoms with E-state index < -0.39 is 6.29 Å². The molecule has 1 unspecified atom stereocenters. The van der Waals surface area contributed by atoms with Crippen molar-refractivity contribution in [3.8, 4) is 0 Å². The molecule has 2 aliphatic heterocycles. The van der Waals surface area contributed by atoms with Crippen molar-refractivity contribution in [3.63, 3.8) is 0 Å². The van der Waals surface area contributed by atoms with E-state index >= 15 is 0 Å². The highest BCUT2D eigenvalue weighted by atomic mass is 35.5. The Morgan fingerprint density at radius 3 is 2.95 bits per heavy atom. The van der Waals surface area contributed by atoms with E-state index in [-0.39, 0.29) is 11.6 Å². The van der Waals surface area contributed by atoms with Crippen molar-refractivity contribution in [2.24, 2.45) is 15.2 Å². The highest BCUT2D eigenvalue weighted by Crippen LogP contribution is 2.22. The number of hydrogen-bond acceptors (Lipinski definition) is 5. The molecule has 0 aliphatic carbocycles. The Bertz CT molecular complexity index is 668. The fraction of sp³-hybridized carbons (Fsp3) is 0.167. The van der Waals surface area contributed by atoms with Gasteiger partial charge in [-0.25, -0.2) is 4.99 Å². The van der Waals surface area contributed by atoms with Crippen LogP contribution in [-0.4, -0.2) is 29.8 Å². The molecule has 20 heavy (non-hydrogen) atoms. The smallest absolute Gasteiger partial charge is 0.276 e. The zero-order chi connectivity index (χ0) is 14.1. The predicted molar refractivity (Wildman–Crippen MR) is 78.6 cm³/mol. The van der Waals surface area contributed by atoms with E-state index in [2.05, 4.69) is 25.8 Å². The summed E-state index contributed by atoms with van der Waals surface area (Å²) in [5, 5.41) is 14.1. The molecule has 0 saturated carbocycles. The quantitative estimate of drug-likeness (QED) is 0.884. The molecular weight excluding hydrogens is 301 g/mol. The van der Waals surface area contributed by atoms with Crippen molar-refractivity contribution < 1.29 is 4.79 Å². The molecule has 0 radical (unpaired) electrons. The van der Waals surface area contributed by atoms with Crippen LogP contribution >= 0.6 is 23.2 Å². The van der Waals surface area contributed by atoms with Crippen LogP contribution in [0.2, 0.25) is 10.0 Å². The Balaban J connectivity index is 1.68. The number of nitrogens with zero attached hydrogens (tertiary/aromatic N) is 3. The molecule has 2 aliphatic rings. The Morgan fingerprint density at radius 1 is 1.30 bits per heavy atom. The Hall–Kier alpha value is -1.76. The summed E-state index contributed by atoms with van der Waals surface area (Å²) in [5.41, 5.74) is 1.67. The van der Waals surface area contributed by atoms with Gasteiger partial charge in [-0.1, -0.05) is 29.3 Å². The van der Waals surface area contributed by atoms with Gasteiger partial charge in [0.05, 0.1) is 16.3 Å². The third-order valence-electron chi connectivity index (χ3n) is 2.81. The molecule has 0 bridgehead atoms. The number of benzene rings is 1. The van der Waals surface area contributed by atoms with E-state index in [1.54, 1.807) is 12.1 Å². The minimum atomic E-state index is -0.518. The first-order valence-electron chi connectivity index (χ1n) is 5.81. The van der Waals surface area contributed by atoms with Crippen molar-refractivity contribution in [1.29, 1.82) is 0 Å². The van der Waals surface area contributed by atoms with Gasteiger partial charge in [0, 0.05) is 6.54 Å². The summed E-state index contributed by atoms with van der Waals surface area (Å²) in [5.74, 6) is -0.292. The van der Waals surface area contributed by atoms with Gasteiger partial charge in [-0.15, -0.1) is 5.10 Å². The number of rotatable bonds is 3. The van der Waals surface area contributed by atoms with Gasteiger partial charge in [0.2, 0.25) is 0 Å². The average Bonchev–Trinajstić information content (AvgIpc) is 2.89. The Morgan fingerprint density at radius 2 is 2.15 bits per heavy atom. The Labute approximate surface area is 124 Å². The van der Waals surface area contributed by atoms with Gasteiger partial charge in [-0.05, 0) is 17.7 Å². The molecule has 2 heterocycles. The molecular formula is C12H9Cl2N5O. The maximum atomic E-state index is 11.7. The second-order valence-corrected chi connectivity index (χ2v) is 5.03. The molecule has 0 spiro atoms. The van der Waals surface area contributed by atoms with Gasteiger partial charge >= 0.3 is 0 Å². The van der Waals surface area contributed by atoms with Crippen LogP contribution in [0.3, 0.4) is 0 Å². The molecule has 0 saturated heterocycles. The van der Waals surface area contributed by atoms with Crippen LogP contribution in [0.15, 0.2) is 33.4 Å². The topological polar surface area (TPSA) is 78.2 Å². The van der Waals surface area contributed by atoms with E-state index in [0.29, 0.717) is 22.3 Å². The maximum Gasteiger partial charge on any atom is 0.276 e. The highest BCUT2D eigenvalue weighted by molar-refractivity contribution is 6.79. The fourth-order valence-corrected chi connectivity index (χ4v) is 2.16. The van der Waals surface area contributed by atoms with Crippen LogP contribution in [-0.2, 0) is 11.3 Å². The molecule has 0 aromatic heterocycles. The molecule has 0 fully saturated rings. The standard InChI is InChI=1S/C12H9Cl2N5O/c13-7-2-1-6(3-8(7)14)4-15-12-17-9-5-16-19-10(9)11(20)18-12/h1-3,5,12,15H,4H2,(H,18,20). The van der Waals surface area contributed by atoms with Crippen molar-refractivity contribution >= 4 is 46.7 Å². The normalized spacial score (nSPS) is 20.3. The van der Waals surface area contributed by atoms with Crippen LogP contribution in [0.1, 0.15) is 5.56 Å². The van der Waals surface area contributed by atoms with Gasteiger partial charge in [0.1, 0.15) is 5.71 Å². The van der Waals surface area contributed by atoms with E-state index in [9.17, 15) is 4.79 Å². The molecule has 2 N–H and O–H groups in total. The molecule has 1 aromatic rings. The molecule has 6 nitrogen and oxygen atoms in total. The molecule has 8 heteroatoms. The fourth-order valence-electron chi connectivity index (χ4n) is 1.83. The summed E-state index contributed by atoms with van der Waals surface area (Å²) in [4.78, 5) is 16.0. The van der Waals surface area contributed by atoms with E-state index in [1.165, 1.54) is 6.21 Å². The monoisotopic (exact) mass is 309 g/mol. The number of aliphatic imine (C=N–C) groups is 1. The first kappa shape index (κ1) is 13.2. The second-order valence-electron chi connectivity index (χ2n) is 4.21.